The Morgan fingerprint density at radius 3 is 2.50 bits per heavy atom. The van der Waals surface area contributed by atoms with Gasteiger partial charge in [-0.1, -0.05) is 12.1 Å². The van der Waals surface area contributed by atoms with Gasteiger partial charge in [0.2, 0.25) is 0 Å². The van der Waals surface area contributed by atoms with E-state index in [-0.39, 0.29) is 5.91 Å². The monoisotopic (exact) mass is 369 g/mol. The van der Waals surface area contributed by atoms with Gasteiger partial charge in [0.1, 0.15) is 16.5 Å². The second kappa shape index (κ2) is 6.85. The first-order valence-electron chi connectivity index (χ1n) is 8.95. The fourth-order valence-corrected chi connectivity index (χ4v) is 4.56. The number of carbonyl (C=O) groups is 1. The minimum atomic E-state index is 0.0940. The maximum atomic E-state index is 12.9. The van der Waals surface area contributed by atoms with E-state index in [1.807, 2.05) is 31.7 Å². The summed E-state index contributed by atoms with van der Waals surface area (Å²) in [4.78, 5) is 21.9. The lowest BCUT2D eigenvalue weighted by Crippen LogP contribution is -2.48. The van der Waals surface area contributed by atoms with E-state index in [4.69, 9.17) is 9.40 Å². The smallest absolute Gasteiger partial charge is 0.257 e. The van der Waals surface area contributed by atoms with Crippen LogP contribution in [0.1, 0.15) is 32.4 Å². The lowest BCUT2D eigenvalue weighted by Gasteiger charge is -2.34. The molecule has 1 saturated heterocycles. The summed E-state index contributed by atoms with van der Waals surface area (Å²) < 4.78 is 6.86. The average Bonchev–Trinajstić information content (AvgIpc) is 3.15. The molecule has 2 aromatic heterocycles. The van der Waals surface area contributed by atoms with Gasteiger partial charge in [0.15, 0.2) is 0 Å². The number of carbonyl (C=O) groups excluding carboxylic acids is 1. The molecular formula is C20H23N3O2S. The molecule has 26 heavy (non-hydrogen) atoms. The number of hydrogen-bond donors (Lipinski definition) is 0. The third-order valence-electron chi connectivity index (χ3n) is 5.13. The average molecular weight is 369 g/mol. The van der Waals surface area contributed by atoms with E-state index >= 15 is 0 Å². The normalized spacial score (nSPS) is 15.7. The molecule has 6 heteroatoms. The van der Waals surface area contributed by atoms with E-state index in [1.165, 1.54) is 4.70 Å². The predicted octanol–water partition coefficient (Wildman–Crippen LogP) is 3.77. The zero-order valence-electron chi connectivity index (χ0n) is 15.4. The van der Waals surface area contributed by atoms with Gasteiger partial charge in [-0.15, -0.1) is 11.3 Å². The molecule has 1 fully saturated rings. The van der Waals surface area contributed by atoms with Crippen LogP contribution in [0.15, 0.2) is 28.7 Å². The van der Waals surface area contributed by atoms with Crippen LogP contribution in [0, 0.1) is 20.8 Å². The third kappa shape index (κ3) is 3.15. The van der Waals surface area contributed by atoms with E-state index < -0.39 is 0 Å². The van der Waals surface area contributed by atoms with Crippen LogP contribution in [-0.4, -0.2) is 46.9 Å². The number of hydrogen-bond acceptors (Lipinski definition) is 5. The van der Waals surface area contributed by atoms with Gasteiger partial charge >= 0.3 is 0 Å². The molecule has 0 bridgehead atoms. The number of fused-ring (bicyclic) bond motifs is 1. The Kier molecular flexibility index (Phi) is 4.54. The van der Waals surface area contributed by atoms with Gasteiger partial charge in [-0.2, -0.15) is 0 Å². The Bertz CT molecular complexity index is 918. The Morgan fingerprint density at radius 1 is 1.12 bits per heavy atom. The summed E-state index contributed by atoms with van der Waals surface area (Å²) in [7, 11) is 0. The van der Waals surface area contributed by atoms with Crippen LogP contribution in [0.3, 0.4) is 0 Å². The fraction of sp³-hybridized carbons (Fsp3) is 0.400. The SMILES string of the molecule is Cc1oc(C)c(C(=O)N2CCN(Cc3nc4ccccc4s3)CC2)c1C. The van der Waals surface area contributed by atoms with E-state index in [1.54, 1.807) is 11.3 Å². The second-order valence-electron chi connectivity index (χ2n) is 6.86. The number of aromatic nitrogens is 1. The zero-order chi connectivity index (χ0) is 18.3. The summed E-state index contributed by atoms with van der Waals surface area (Å²) in [6, 6.07) is 8.25. The Balaban J connectivity index is 1.40. The number of furan rings is 1. The fourth-order valence-electron chi connectivity index (χ4n) is 3.55. The molecule has 0 saturated carbocycles. The summed E-state index contributed by atoms with van der Waals surface area (Å²) in [6.45, 7) is 9.82. The minimum Gasteiger partial charge on any atom is -0.466 e. The molecule has 0 atom stereocenters. The topological polar surface area (TPSA) is 49.6 Å². The minimum absolute atomic E-state index is 0.0940. The first-order chi connectivity index (χ1) is 12.5. The molecule has 0 radical (unpaired) electrons. The summed E-state index contributed by atoms with van der Waals surface area (Å²) >= 11 is 1.76. The standard InChI is InChI=1S/C20H23N3O2S/c1-13-14(2)25-15(3)19(13)20(24)23-10-8-22(9-11-23)12-18-21-16-6-4-5-7-17(16)26-18/h4-7H,8-12H2,1-3H3. The highest BCUT2D eigenvalue weighted by Crippen LogP contribution is 2.25. The molecule has 3 heterocycles. The number of para-hydroxylation sites is 1. The zero-order valence-corrected chi connectivity index (χ0v) is 16.2. The van der Waals surface area contributed by atoms with Gasteiger partial charge < -0.3 is 9.32 Å². The Hall–Kier alpha value is -2.18. The highest BCUT2D eigenvalue weighted by Gasteiger charge is 2.27. The first-order valence-corrected chi connectivity index (χ1v) is 9.77. The van der Waals surface area contributed by atoms with Gasteiger partial charge in [0.25, 0.3) is 5.91 Å². The van der Waals surface area contributed by atoms with Crippen molar-refractivity contribution in [2.24, 2.45) is 0 Å². The molecule has 1 aliphatic heterocycles. The maximum Gasteiger partial charge on any atom is 0.257 e. The van der Waals surface area contributed by atoms with Crippen molar-refractivity contribution < 1.29 is 9.21 Å². The highest BCUT2D eigenvalue weighted by atomic mass is 32.1. The summed E-state index contributed by atoms with van der Waals surface area (Å²) in [5, 5.41) is 1.14. The van der Waals surface area contributed by atoms with Gasteiger partial charge in [0.05, 0.1) is 22.3 Å². The molecule has 4 rings (SSSR count). The molecule has 0 aliphatic carbocycles. The molecule has 1 aliphatic rings. The van der Waals surface area contributed by atoms with E-state index in [0.717, 1.165) is 65.9 Å². The van der Waals surface area contributed by atoms with Crippen LogP contribution < -0.4 is 0 Å². The number of benzene rings is 1. The second-order valence-corrected chi connectivity index (χ2v) is 7.97. The summed E-state index contributed by atoms with van der Waals surface area (Å²) in [5.41, 5.74) is 2.77. The Morgan fingerprint density at radius 2 is 1.85 bits per heavy atom. The van der Waals surface area contributed by atoms with Crippen molar-refractivity contribution >= 4 is 27.5 Å². The molecule has 5 nitrogen and oxygen atoms in total. The number of nitrogens with zero attached hydrogens (tertiary/aromatic N) is 3. The molecule has 1 aromatic carbocycles. The summed E-state index contributed by atoms with van der Waals surface area (Å²) in [5.74, 6) is 1.65. The number of rotatable bonds is 3. The van der Waals surface area contributed by atoms with Crippen LogP contribution in [0.5, 0.6) is 0 Å². The first kappa shape index (κ1) is 17.2. The van der Waals surface area contributed by atoms with Crippen LogP contribution in [-0.2, 0) is 6.54 Å². The van der Waals surface area contributed by atoms with Gasteiger partial charge in [0, 0.05) is 31.7 Å². The highest BCUT2D eigenvalue weighted by molar-refractivity contribution is 7.18. The van der Waals surface area contributed by atoms with Gasteiger partial charge in [-0.3, -0.25) is 9.69 Å². The van der Waals surface area contributed by atoms with Gasteiger partial charge in [-0.25, -0.2) is 4.98 Å². The lowest BCUT2D eigenvalue weighted by molar-refractivity contribution is 0.0626. The van der Waals surface area contributed by atoms with E-state index in [9.17, 15) is 4.79 Å². The van der Waals surface area contributed by atoms with Crippen molar-refractivity contribution in [3.63, 3.8) is 0 Å². The number of amides is 1. The molecular weight excluding hydrogens is 346 g/mol. The molecule has 0 N–H and O–H groups in total. The molecule has 3 aromatic rings. The van der Waals surface area contributed by atoms with E-state index in [2.05, 4.69) is 23.1 Å². The Labute approximate surface area is 157 Å². The van der Waals surface area contributed by atoms with Crippen molar-refractivity contribution in [3.8, 4) is 0 Å². The molecule has 0 spiro atoms. The summed E-state index contributed by atoms with van der Waals surface area (Å²) in [6.07, 6.45) is 0. The van der Waals surface area contributed by atoms with Crippen LogP contribution in [0.2, 0.25) is 0 Å². The lowest BCUT2D eigenvalue weighted by atomic mass is 10.1. The largest absolute Gasteiger partial charge is 0.466 e. The number of aryl methyl sites for hydroxylation is 2. The molecule has 0 unspecified atom stereocenters. The van der Waals surface area contributed by atoms with Crippen LogP contribution in [0.25, 0.3) is 10.2 Å². The third-order valence-corrected chi connectivity index (χ3v) is 6.15. The predicted molar refractivity (Wildman–Crippen MR) is 104 cm³/mol. The van der Waals surface area contributed by atoms with Crippen molar-refractivity contribution in [1.29, 1.82) is 0 Å². The number of piperazine rings is 1. The van der Waals surface area contributed by atoms with Crippen LogP contribution in [0.4, 0.5) is 0 Å². The van der Waals surface area contributed by atoms with Gasteiger partial charge in [-0.05, 0) is 32.9 Å². The van der Waals surface area contributed by atoms with Crippen molar-refractivity contribution in [3.05, 3.63) is 51.9 Å². The molecule has 136 valence electrons. The maximum absolute atomic E-state index is 12.9. The van der Waals surface area contributed by atoms with Crippen LogP contribution >= 0.6 is 11.3 Å². The van der Waals surface area contributed by atoms with Crippen molar-refractivity contribution in [1.82, 2.24) is 14.8 Å². The van der Waals surface area contributed by atoms with Crippen molar-refractivity contribution in [2.75, 3.05) is 26.2 Å². The quantitative estimate of drug-likeness (QED) is 0.705. The van der Waals surface area contributed by atoms with Crippen molar-refractivity contribution in [2.45, 2.75) is 27.3 Å². The van der Waals surface area contributed by atoms with E-state index in [0.29, 0.717) is 0 Å². The number of thiazole rings is 1. The molecule has 1 amide bonds.